The highest BCUT2D eigenvalue weighted by molar-refractivity contribution is 5.78. The number of hydrogen-bond donors (Lipinski definition) is 2. The minimum Gasteiger partial charge on any atom is -0.406 e. The molecule has 0 saturated carbocycles. The molecule has 0 spiro atoms. The molecule has 0 amide bonds. The van der Waals surface area contributed by atoms with Gasteiger partial charge in [-0.15, -0.1) is 13.2 Å². The number of rotatable bonds is 5. The summed E-state index contributed by atoms with van der Waals surface area (Å²) in [6.07, 6.45) is -4.26. The van der Waals surface area contributed by atoms with Gasteiger partial charge in [-0.2, -0.15) is 15.0 Å². The van der Waals surface area contributed by atoms with E-state index in [9.17, 15) is 17.6 Å². The molecule has 160 valence electrons. The summed E-state index contributed by atoms with van der Waals surface area (Å²) in [6, 6.07) is 9.17. The molecule has 0 aliphatic carbocycles. The molecule has 0 saturated heterocycles. The Kier molecular flexibility index (Phi) is 5.05. The second-order valence-corrected chi connectivity index (χ2v) is 6.36. The highest BCUT2D eigenvalue weighted by Crippen LogP contribution is 2.26. The highest BCUT2D eigenvalue weighted by Gasteiger charge is 2.31. The third kappa shape index (κ3) is 4.47. The summed E-state index contributed by atoms with van der Waals surface area (Å²) in [5, 5.41) is 2.85. The van der Waals surface area contributed by atoms with Crippen molar-refractivity contribution in [3.8, 4) is 11.7 Å². The summed E-state index contributed by atoms with van der Waals surface area (Å²) in [5.74, 6) is -0.161. The maximum Gasteiger partial charge on any atom is 0.573 e. The summed E-state index contributed by atoms with van der Waals surface area (Å²) in [4.78, 5) is 16.9. The second kappa shape index (κ2) is 7.70. The number of aryl methyl sites for hydroxylation is 1. The van der Waals surface area contributed by atoms with Gasteiger partial charge >= 0.3 is 6.36 Å². The number of benzene rings is 2. The molecule has 0 radical (unpaired) electrons. The van der Waals surface area contributed by atoms with Crippen LogP contribution in [0.1, 0.15) is 12.7 Å². The minimum atomic E-state index is -4.78. The SMILES string of the molecule is CCc1nc2ccc(F)cc2n1-c1nc(N)nc(Nc2ccc(OC(F)(F)F)cc2)n1. The first kappa shape index (κ1) is 20.3. The first-order chi connectivity index (χ1) is 14.7. The number of nitrogens with one attached hydrogen (secondary N) is 1. The number of aromatic nitrogens is 5. The number of nitrogens with zero attached hydrogens (tertiary/aromatic N) is 5. The van der Waals surface area contributed by atoms with E-state index >= 15 is 0 Å². The Bertz CT molecular complexity index is 1240. The van der Waals surface area contributed by atoms with E-state index in [0.717, 1.165) is 12.1 Å². The van der Waals surface area contributed by atoms with Gasteiger partial charge in [-0.05, 0) is 36.4 Å². The van der Waals surface area contributed by atoms with Gasteiger partial charge in [-0.1, -0.05) is 6.92 Å². The Morgan fingerprint density at radius 3 is 2.45 bits per heavy atom. The van der Waals surface area contributed by atoms with Crippen LogP contribution in [0, 0.1) is 5.82 Å². The number of nitrogen functional groups attached to an aromatic ring is 1. The number of hydrogen-bond acceptors (Lipinski definition) is 7. The van der Waals surface area contributed by atoms with E-state index in [4.69, 9.17) is 5.73 Å². The fraction of sp³-hybridized carbons (Fsp3) is 0.158. The number of fused-ring (bicyclic) bond motifs is 1. The number of imidazole rings is 1. The highest BCUT2D eigenvalue weighted by atomic mass is 19.4. The molecule has 4 rings (SSSR count). The predicted molar refractivity (Wildman–Crippen MR) is 105 cm³/mol. The Balaban J connectivity index is 1.69. The number of halogens is 4. The van der Waals surface area contributed by atoms with Crippen molar-refractivity contribution in [3.05, 3.63) is 54.1 Å². The number of ether oxygens (including phenoxy) is 1. The van der Waals surface area contributed by atoms with Crippen molar-refractivity contribution in [1.29, 1.82) is 0 Å². The van der Waals surface area contributed by atoms with Crippen LogP contribution >= 0.6 is 0 Å². The maximum absolute atomic E-state index is 13.8. The Labute approximate surface area is 172 Å². The van der Waals surface area contributed by atoms with Crippen LogP contribution in [0.5, 0.6) is 5.75 Å². The van der Waals surface area contributed by atoms with Gasteiger partial charge in [0.05, 0.1) is 11.0 Å². The van der Waals surface area contributed by atoms with Crippen molar-refractivity contribution in [2.45, 2.75) is 19.7 Å². The van der Waals surface area contributed by atoms with Gasteiger partial charge in [0.2, 0.25) is 17.8 Å². The topological polar surface area (TPSA) is 104 Å². The largest absolute Gasteiger partial charge is 0.573 e. The maximum atomic E-state index is 13.8. The van der Waals surface area contributed by atoms with Crippen molar-refractivity contribution in [2.75, 3.05) is 11.1 Å². The summed E-state index contributed by atoms with van der Waals surface area (Å²) < 4.78 is 56.1. The Morgan fingerprint density at radius 2 is 1.77 bits per heavy atom. The number of anilines is 3. The minimum absolute atomic E-state index is 0.0484. The van der Waals surface area contributed by atoms with Crippen LogP contribution in [-0.4, -0.2) is 30.9 Å². The van der Waals surface area contributed by atoms with Crippen LogP contribution in [0.25, 0.3) is 17.0 Å². The third-order valence-corrected chi connectivity index (χ3v) is 4.19. The summed E-state index contributed by atoms with van der Waals surface area (Å²) in [5.41, 5.74) is 7.24. The van der Waals surface area contributed by atoms with Gasteiger partial charge in [0, 0.05) is 18.2 Å². The molecule has 0 atom stereocenters. The molecule has 2 aromatic heterocycles. The number of alkyl halides is 3. The van der Waals surface area contributed by atoms with E-state index in [0.29, 0.717) is 29.0 Å². The summed E-state index contributed by atoms with van der Waals surface area (Å²) >= 11 is 0. The smallest absolute Gasteiger partial charge is 0.406 e. The molecule has 0 aliphatic rings. The molecule has 2 heterocycles. The van der Waals surface area contributed by atoms with Gasteiger partial charge < -0.3 is 15.8 Å². The Morgan fingerprint density at radius 1 is 1.03 bits per heavy atom. The van der Waals surface area contributed by atoms with Crippen molar-refractivity contribution >= 4 is 28.6 Å². The first-order valence-electron chi connectivity index (χ1n) is 9.03. The van der Waals surface area contributed by atoms with E-state index in [2.05, 4.69) is 30.0 Å². The molecule has 4 aromatic rings. The van der Waals surface area contributed by atoms with Crippen molar-refractivity contribution < 1.29 is 22.3 Å². The molecule has 12 heteroatoms. The third-order valence-electron chi connectivity index (χ3n) is 4.19. The normalized spacial score (nSPS) is 11.6. The molecule has 0 fully saturated rings. The molecule has 2 aromatic carbocycles. The van der Waals surface area contributed by atoms with Crippen molar-refractivity contribution in [3.63, 3.8) is 0 Å². The zero-order valence-electron chi connectivity index (χ0n) is 16.0. The zero-order valence-corrected chi connectivity index (χ0v) is 16.0. The first-order valence-corrected chi connectivity index (χ1v) is 9.03. The molecule has 0 aliphatic heterocycles. The van der Waals surface area contributed by atoms with Crippen molar-refractivity contribution in [2.24, 2.45) is 0 Å². The lowest BCUT2D eigenvalue weighted by Gasteiger charge is -2.11. The van der Waals surface area contributed by atoms with E-state index in [-0.39, 0.29) is 23.6 Å². The van der Waals surface area contributed by atoms with E-state index in [1.807, 2.05) is 6.92 Å². The van der Waals surface area contributed by atoms with Gasteiger partial charge in [-0.25, -0.2) is 9.37 Å². The molecule has 0 bridgehead atoms. The standard InChI is InChI=1S/C19H15F4N7O/c1-2-15-26-13-8-3-10(20)9-14(13)30(15)18-28-16(24)27-17(29-18)25-11-4-6-12(7-5-11)31-19(21,22)23/h3-9H,2H2,1H3,(H3,24,25,27,28,29). The van der Waals surface area contributed by atoms with Crippen LogP contribution in [0.15, 0.2) is 42.5 Å². The average molecular weight is 433 g/mol. The average Bonchev–Trinajstić information content (AvgIpc) is 3.05. The van der Waals surface area contributed by atoms with E-state index in [1.54, 1.807) is 10.6 Å². The molecular weight excluding hydrogens is 418 g/mol. The summed E-state index contributed by atoms with van der Waals surface area (Å²) in [6.45, 7) is 1.88. The monoisotopic (exact) mass is 433 g/mol. The van der Waals surface area contributed by atoms with Crippen LogP contribution < -0.4 is 15.8 Å². The van der Waals surface area contributed by atoms with E-state index in [1.165, 1.54) is 24.3 Å². The Hall–Kier alpha value is -3.96. The van der Waals surface area contributed by atoms with Crippen LogP contribution in [-0.2, 0) is 6.42 Å². The molecule has 3 N–H and O–H groups in total. The molecule has 8 nitrogen and oxygen atoms in total. The lowest BCUT2D eigenvalue weighted by Crippen LogP contribution is -2.17. The fourth-order valence-electron chi connectivity index (χ4n) is 2.96. The number of nitrogens with two attached hydrogens (primary N) is 1. The molecule has 31 heavy (non-hydrogen) atoms. The van der Waals surface area contributed by atoms with Gasteiger partial charge in [-0.3, -0.25) is 4.57 Å². The zero-order chi connectivity index (χ0) is 22.2. The van der Waals surface area contributed by atoms with Crippen LogP contribution in [0.4, 0.5) is 35.1 Å². The molecular formula is C19H15F4N7O. The van der Waals surface area contributed by atoms with Crippen LogP contribution in [0.2, 0.25) is 0 Å². The molecule has 0 unspecified atom stereocenters. The summed E-state index contributed by atoms with van der Waals surface area (Å²) in [7, 11) is 0. The lowest BCUT2D eigenvalue weighted by molar-refractivity contribution is -0.274. The fourth-order valence-corrected chi connectivity index (χ4v) is 2.96. The lowest BCUT2D eigenvalue weighted by atomic mass is 10.3. The van der Waals surface area contributed by atoms with Gasteiger partial charge in [0.15, 0.2) is 0 Å². The van der Waals surface area contributed by atoms with Crippen LogP contribution in [0.3, 0.4) is 0 Å². The second-order valence-electron chi connectivity index (χ2n) is 6.36. The predicted octanol–water partition coefficient (Wildman–Crippen LogP) is 4.14. The quantitative estimate of drug-likeness (QED) is 0.456. The van der Waals surface area contributed by atoms with Gasteiger partial charge in [0.1, 0.15) is 17.4 Å². The van der Waals surface area contributed by atoms with Crippen molar-refractivity contribution in [1.82, 2.24) is 24.5 Å². The van der Waals surface area contributed by atoms with E-state index < -0.39 is 12.2 Å². The van der Waals surface area contributed by atoms with Gasteiger partial charge in [0.25, 0.3) is 0 Å².